The summed E-state index contributed by atoms with van der Waals surface area (Å²) in [6.07, 6.45) is 9.98. The second kappa shape index (κ2) is 6.92. The molecule has 2 fully saturated rings. The Balaban J connectivity index is 1.43. The molecule has 0 atom stereocenters. The van der Waals surface area contributed by atoms with E-state index >= 15 is 0 Å². The van der Waals surface area contributed by atoms with E-state index in [1.54, 1.807) is 7.11 Å². The van der Waals surface area contributed by atoms with Gasteiger partial charge >= 0.3 is 0 Å². The highest BCUT2D eigenvalue weighted by Crippen LogP contribution is 2.46. The molecule has 146 valence electrons. The number of benzene rings is 1. The molecule has 1 saturated heterocycles. The fourth-order valence-electron chi connectivity index (χ4n) is 4.82. The third kappa shape index (κ3) is 2.91. The molecule has 28 heavy (non-hydrogen) atoms. The zero-order valence-corrected chi connectivity index (χ0v) is 16.8. The summed E-state index contributed by atoms with van der Waals surface area (Å²) in [6.45, 7) is 2.11. The van der Waals surface area contributed by atoms with Crippen molar-refractivity contribution < 1.29 is 4.74 Å². The standard InChI is InChI=1S/C21H24ClN5O/c1-28-15-6-4-5-14(17(15)22)18-19-20(26-25-18)24-16(13-23-19)27-11-9-21(10-12-27)7-2-3-8-21/h4-6,13H,2-3,7-12H2,1H3,(H,24,25,26). The molecule has 1 saturated carbocycles. The lowest BCUT2D eigenvalue weighted by Gasteiger charge is -2.39. The lowest BCUT2D eigenvalue weighted by molar-refractivity contribution is 0.226. The molecule has 2 aromatic heterocycles. The molecule has 3 heterocycles. The average Bonchev–Trinajstić information content (AvgIpc) is 3.36. The van der Waals surface area contributed by atoms with Crippen LogP contribution in [0.2, 0.25) is 5.02 Å². The summed E-state index contributed by atoms with van der Waals surface area (Å²) in [5.41, 5.74) is 3.51. The Hall–Kier alpha value is -2.34. The first-order valence-corrected chi connectivity index (χ1v) is 10.4. The Bertz CT molecular complexity index is 1000. The zero-order valence-electron chi connectivity index (χ0n) is 16.0. The molecular weight excluding hydrogens is 374 g/mol. The first-order chi connectivity index (χ1) is 13.7. The number of nitrogens with zero attached hydrogens (tertiary/aromatic N) is 4. The topological polar surface area (TPSA) is 66.9 Å². The van der Waals surface area contributed by atoms with Crippen LogP contribution in [0.15, 0.2) is 24.4 Å². The van der Waals surface area contributed by atoms with Gasteiger partial charge in [0.05, 0.1) is 24.0 Å². The molecule has 5 rings (SSSR count). The van der Waals surface area contributed by atoms with E-state index in [1.165, 1.54) is 38.5 Å². The van der Waals surface area contributed by atoms with Gasteiger partial charge in [0.2, 0.25) is 5.65 Å². The van der Waals surface area contributed by atoms with Crippen molar-refractivity contribution in [3.05, 3.63) is 29.4 Å². The van der Waals surface area contributed by atoms with Crippen molar-refractivity contribution in [1.82, 2.24) is 20.2 Å². The van der Waals surface area contributed by atoms with E-state index in [9.17, 15) is 0 Å². The van der Waals surface area contributed by atoms with Gasteiger partial charge in [0.1, 0.15) is 17.1 Å². The van der Waals surface area contributed by atoms with Crippen molar-refractivity contribution in [2.45, 2.75) is 38.5 Å². The van der Waals surface area contributed by atoms with E-state index in [-0.39, 0.29) is 0 Å². The van der Waals surface area contributed by atoms with E-state index in [1.807, 2.05) is 24.4 Å². The van der Waals surface area contributed by atoms with Crippen molar-refractivity contribution >= 4 is 28.6 Å². The average molecular weight is 398 g/mol. The molecule has 3 aromatic rings. The van der Waals surface area contributed by atoms with Gasteiger partial charge in [0.15, 0.2) is 0 Å². The molecule has 2 aliphatic rings. The summed E-state index contributed by atoms with van der Waals surface area (Å²) in [7, 11) is 1.61. The molecule has 7 heteroatoms. The van der Waals surface area contributed by atoms with Gasteiger partial charge in [-0.3, -0.25) is 5.10 Å². The minimum atomic E-state index is 0.541. The number of aromatic amines is 1. The molecule has 0 bridgehead atoms. The van der Waals surface area contributed by atoms with E-state index in [0.29, 0.717) is 21.8 Å². The van der Waals surface area contributed by atoms with Crippen LogP contribution in [0.25, 0.3) is 22.4 Å². The van der Waals surface area contributed by atoms with Gasteiger partial charge in [-0.2, -0.15) is 5.10 Å². The van der Waals surface area contributed by atoms with Crippen LogP contribution in [-0.4, -0.2) is 40.4 Å². The summed E-state index contributed by atoms with van der Waals surface area (Å²) in [5.74, 6) is 1.54. The summed E-state index contributed by atoms with van der Waals surface area (Å²) in [5, 5.41) is 7.99. The lowest BCUT2D eigenvalue weighted by atomic mass is 9.77. The third-order valence-corrected chi connectivity index (χ3v) is 6.91. The second-order valence-corrected chi connectivity index (χ2v) is 8.39. The quantitative estimate of drug-likeness (QED) is 0.684. The molecular formula is C21H24ClN5O. The number of H-pyrrole nitrogens is 1. The number of rotatable bonds is 3. The lowest BCUT2D eigenvalue weighted by Crippen LogP contribution is -2.39. The van der Waals surface area contributed by atoms with Crippen LogP contribution in [0.1, 0.15) is 38.5 Å². The molecule has 1 N–H and O–H groups in total. The SMILES string of the molecule is COc1cccc(-c2[nH]nc3nc(N4CCC5(CCCC5)CC4)cnc23)c1Cl. The second-order valence-electron chi connectivity index (χ2n) is 8.01. The van der Waals surface area contributed by atoms with E-state index in [2.05, 4.69) is 20.1 Å². The summed E-state index contributed by atoms with van der Waals surface area (Å²) in [6, 6.07) is 5.67. The molecule has 1 spiro atoms. The van der Waals surface area contributed by atoms with Crippen molar-refractivity contribution in [3.63, 3.8) is 0 Å². The van der Waals surface area contributed by atoms with Gasteiger partial charge in [-0.25, -0.2) is 9.97 Å². The van der Waals surface area contributed by atoms with Crippen LogP contribution in [-0.2, 0) is 0 Å². The highest BCUT2D eigenvalue weighted by molar-refractivity contribution is 6.35. The minimum absolute atomic E-state index is 0.541. The van der Waals surface area contributed by atoms with Gasteiger partial charge < -0.3 is 9.64 Å². The number of nitrogens with one attached hydrogen (secondary N) is 1. The molecule has 1 aliphatic heterocycles. The Morgan fingerprint density at radius 3 is 2.68 bits per heavy atom. The van der Waals surface area contributed by atoms with Gasteiger partial charge in [0, 0.05) is 18.7 Å². The predicted octanol–water partition coefficient (Wildman–Crippen LogP) is 4.84. The Morgan fingerprint density at radius 2 is 1.93 bits per heavy atom. The number of hydrogen-bond acceptors (Lipinski definition) is 5. The normalized spacial score (nSPS) is 18.9. The maximum atomic E-state index is 6.48. The maximum Gasteiger partial charge on any atom is 0.202 e. The fraction of sp³-hybridized carbons (Fsp3) is 0.476. The maximum absolute atomic E-state index is 6.48. The highest BCUT2D eigenvalue weighted by Gasteiger charge is 2.37. The fourth-order valence-corrected chi connectivity index (χ4v) is 5.12. The van der Waals surface area contributed by atoms with Gasteiger partial charge in [-0.05, 0) is 37.2 Å². The van der Waals surface area contributed by atoms with Crippen LogP contribution in [0.4, 0.5) is 5.82 Å². The van der Waals surface area contributed by atoms with Crippen LogP contribution in [0.5, 0.6) is 5.75 Å². The minimum Gasteiger partial charge on any atom is -0.495 e. The van der Waals surface area contributed by atoms with E-state index in [0.717, 1.165) is 35.7 Å². The number of piperidine rings is 1. The zero-order chi connectivity index (χ0) is 19.1. The Labute approximate surface area is 169 Å². The number of anilines is 1. The summed E-state index contributed by atoms with van der Waals surface area (Å²) < 4.78 is 5.32. The monoisotopic (exact) mass is 397 g/mol. The number of aromatic nitrogens is 4. The first kappa shape index (κ1) is 17.7. The smallest absolute Gasteiger partial charge is 0.202 e. The van der Waals surface area contributed by atoms with Gasteiger partial charge in [0.25, 0.3) is 0 Å². The molecule has 0 unspecified atom stereocenters. The highest BCUT2D eigenvalue weighted by atomic mass is 35.5. The van der Waals surface area contributed by atoms with Crippen molar-refractivity contribution in [2.75, 3.05) is 25.1 Å². The third-order valence-electron chi connectivity index (χ3n) is 6.52. The molecule has 0 radical (unpaired) electrons. The van der Waals surface area contributed by atoms with Gasteiger partial charge in [-0.15, -0.1) is 0 Å². The van der Waals surface area contributed by atoms with Crippen molar-refractivity contribution in [2.24, 2.45) is 5.41 Å². The number of hydrogen-bond donors (Lipinski definition) is 1. The van der Waals surface area contributed by atoms with Crippen molar-refractivity contribution in [1.29, 1.82) is 0 Å². The van der Waals surface area contributed by atoms with Gasteiger partial charge in [-0.1, -0.05) is 36.6 Å². The molecule has 1 aliphatic carbocycles. The Morgan fingerprint density at radius 1 is 1.14 bits per heavy atom. The van der Waals surface area contributed by atoms with E-state index in [4.69, 9.17) is 21.3 Å². The largest absolute Gasteiger partial charge is 0.495 e. The molecule has 1 aromatic carbocycles. The predicted molar refractivity (Wildman–Crippen MR) is 111 cm³/mol. The van der Waals surface area contributed by atoms with Crippen LogP contribution in [0.3, 0.4) is 0 Å². The number of methoxy groups -OCH3 is 1. The summed E-state index contributed by atoms with van der Waals surface area (Å²) in [4.78, 5) is 11.8. The van der Waals surface area contributed by atoms with E-state index < -0.39 is 0 Å². The van der Waals surface area contributed by atoms with Crippen LogP contribution >= 0.6 is 11.6 Å². The number of fused-ring (bicyclic) bond motifs is 1. The molecule has 6 nitrogen and oxygen atoms in total. The number of ether oxygens (including phenoxy) is 1. The van der Waals surface area contributed by atoms with Crippen molar-refractivity contribution in [3.8, 4) is 17.0 Å². The van der Waals surface area contributed by atoms with Crippen LogP contribution < -0.4 is 9.64 Å². The molecule has 0 amide bonds. The first-order valence-electron chi connectivity index (χ1n) is 9.98. The van der Waals surface area contributed by atoms with Crippen LogP contribution in [0, 0.1) is 5.41 Å². The Kier molecular flexibility index (Phi) is 4.38. The summed E-state index contributed by atoms with van der Waals surface area (Å²) >= 11 is 6.48. The number of halogens is 1.